The minimum absolute atomic E-state index is 0.131. The molecule has 0 saturated heterocycles. The van der Waals surface area contributed by atoms with E-state index in [2.05, 4.69) is 10.4 Å². The van der Waals surface area contributed by atoms with Gasteiger partial charge >= 0.3 is 0 Å². The number of benzene rings is 2. The van der Waals surface area contributed by atoms with Gasteiger partial charge in [0.05, 0.1) is 19.4 Å². The number of methoxy groups -OCH3 is 1. The van der Waals surface area contributed by atoms with E-state index in [4.69, 9.17) is 4.74 Å². The minimum atomic E-state index is -0.166. The number of carbonyl (C=O) groups excluding carboxylic acids is 2. The molecular formula is C21H23N3O3. The number of hydrogen-bond donors (Lipinski definition) is 1. The number of amides is 2. The summed E-state index contributed by atoms with van der Waals surface area (Å²) in [7, 11) is 1.60. The molecule has 1 aliphatic heterocycles. The molecule has 0 radical (unpaired) electrons. The summed E-state index contributed by atoms with van der Waals surface area (Å²) in [6.45, 7) is 0.933. The van der Waals surface area contributed by atoms with Gasteiger partial charge in [0.2, 0.25) is 11.8 Å². The number of hydrazone groups is 1. The van der Waals surface area contributed by atoms with E-state index in [1.807, 2.05) is 54.6 Å². The summed E-state index contributed by atoms with van der Waals surface area (Å²) in [5.41, 5.74) is 2.84. The summed E-state index contributed by atoms with van der Waals surface area (Å²) < 4.78 is 5.26. The second-order valence-electron chi connectivity index (χ2n) is 6.27. The van der Waals surface area contributed by atoms with Crippen molar-refractivity contribution in [3.63, 3.8) is 0 Å². The van der Waals surface area contributed by atoms with Gasteiger partial charge < -0.3 is 10.1 Å². The number of nitrogens with one attached hydrogen (secondary N) is 1. The fraction of sp³-hybridized carbons (Fsp3) is 0.286. The Hall–Kier alpha value is -3.15. The molecule has 1 aliphatic rings. The first-order valence-electron chi connectivity index (χ1n) is 8.99. The second-order valence-corrected chi connectivity index (χ2v) is 6.27. The minimum Gasteiger partial charge on any atom is -0.496 e. The monoisotopic (exact) mass is 365 g/mol. The molecule has 0 aromatic heterocycles. The molecule has 1 N–H and O–H groups in total. The van der Waals surface area contributed by atoms with Crippen LogP contribution in [0.3, 0.4) is 0 Å². The van der Waals surface area contributed by atoms with Crippen LogP contribution in [0, 0.1) is 0 Å². The lowest BCUT2D eigenvalue weighted by Crippen LogP contribution is -2.27. The summed E-state index contributed by atoms with van der Waals surface area (Å²) >= 11 is 0. The van der Waals surface area contributed by atoms with Crippen LogP contribution in [-0.4, -0.2) is 36.2 Å². The van der Waals surface area contributed by atoms with Crippen LogP contribution in [0.25, 0.3) is 0 Å². The van der Waals surface area contributed by atoms with Crippen LogP contribution >= 0.6 is 0 Å². The molecule has 0 unspecified atom stereocenters. The van der Waals surface area contributed by atoms with Gasteiger partial charge in [0.1, 0.15) is 5.75 Å². The quantitative estimate of drug-likeness (QED) is 0.820. The van der Waals surface area contributed by atoms with E-state index in [9.17, 15) is 9.59 Å². The highest BCUT2D eigenvalue weighted by Gasteiger charge is 2.21. The van der Waals surface area contributed by atoms with Crippen LogP contribution in [0.2, 0.25) is 0 Å². The molecule has 0 spiro atoms. The number of nitrogens with zero attached hydrogens (tertiary/aromatic N) is 2. The Bertz CT molecular complexity index is 834. The van der Waals surface area contributed by atoms with Crippen LogP contribution in [0.4, 0.5) is 0 Å². The molecule has 27 heavy (non-hydrogen) atoms. The molecule has 0 aliphatic carbocycles. The fourth-order valence-corrected chi connectivity index (χ4v) is 2.95. The van der Waals surface area contributed by atoms with Crippen LogP contribution in [0.15, 0.2) is 59.7 Å². The molecule has 2 aromatic rings. The highest BCUT2D eigenvalue weighted by Crippen LogP contribution is 2.17. The lowest BCUT2D eigenvalue weighted by molar-refractivity contribution is -0.133. The van der Waals surface area contributed by atoms with Gasteiger partial charge in [0, 0.05) is 31.4 Å². The van der Waals surface area contributed by atoms with Gasteiger partial charge in [0.15, 0.2) is 0 Å². The van der Waals surface area contributed by atoms with Crippen molar-refractivity contribution in [3.8, 4) is 5.75 Å². The lowest BCUT2D eigenvalue weighted by atomic mass is 10.1. The zero-order valence-corrected chi connectivity index (χ0v) is 15.4. The molecule has 2 aromatic carbocycles. The Labute approximate surface area is 158 Å². The number of hydrogen-bond acceptors (Lipinski definition) is 4. The molecule has 6 nitrogen and oxygen atoms in total. The molecule has 2 amide bonds. The molecule has 1 heterocycles. The predicted octanol–water partition coefficient (Wildman–Crippen LogP) is 2.73. The molecular weight excluding hydrogens is 342 g/mol. The van der Waals surface area contributed by atoms with E-state index in [1.165, 1.54) is 5.01 Å². The van der Waals surface area contributed by atoms with Crippen molar-refractivity contribution in [2.75, 3.05) is 13.7 Å². The summed E-state index contributed by atoms with van der Waals surface area (Å²) in [5, 5.41) is 8.70. The third-order valence-corrected chi connectivity index (χ3v) is 4.43. The van der Waals surface area contributed by atoms with Gasteiger partial charge in [-0.1, -0.05) is 48.5 Å². The molecule has 3 rings (SSSR count). The Morgan fingerprint density at radius 1 is 1.07 bits per heavy atom. The standard InChI is InChI=1S/C21H23N3O3/c1-27-19-10-6-5-9-17(19)15-22-20(25)11-12-21(26)24-14-13-18(23-24)16-7-3-2-4-8-16/h2-10H,11-15H2,1H3,(H,22,25). The second kappa shape index (κ2) is 8.98. The first kappa shape index (κ1) is 18.6. The van der Waals surface area contributed by atoms with Gasteiger partial charge in [-0.15, -0.1) is 0 Å². The van der Waals surface area contributed by atoms with E-state index in [1.54, 1.807) is 7.11 Å². The third-order valence-electron chi connectivity index (χ3n) is 4.43. The van der Waals surface area contributed by atoms with Crippen molar-refractivity contribution in [1.82, 2.24) is 10.3 Å². The van der Waals surface area contributed by atoms with Crippen molar-refractivity contribution < 1.29 is 14.3 Å². The maximum atomic E-state index is 12.3. The zero-order chi connectivity index (χ0) is 19.1. The van der Waals surface area contributed by atoms with E-state index < -0.39 is 0 Å². The van der Waals surface area contributed by atoms with Crippen molar-refractivity contribution in [2.45, 2.75) is 25.8 Å². The Morgan fingerprint density at radius 2 is 1.81 bits per heavy atom. The first-order chi connectivity index (χ1) is 13.2. The van der Waals surface area contributed by atoms with Crippen molar-refractivity contribution in [2.24, 2.45) is 5.10 Å². The molecule has 0 fully saturated rings. The maximum absolute atomic E-state index is 12.3. The topological polar surface area (TPSA) is 71.0 Å². The third kappa shape index (κ3) is 4.94. The van der Waals surface area contributed by atoms with Crippen LogP contribution in [-0.2, 0) is 16.1 Å². The number of ether oxygens (including phenoxy) is 1. The first-order valence-corrected chi connectivity index (χ1v) is 8.99. The average molecular weight is 365 g/mol. The van der Waals surface area contributed by atoms with Crippen LogP contribution in [0.5, 0.6) is 5.75 Å². The summed E-state index contributed by atoms with van der Waals surface area (Å²) in [6.07, 6.45) is 1.01. The maximum Gasteiger partial charge on any atom is 0.243 e. The van der Waals surface area contributed by atoms with E-state index in [0.717, 1.165) is 29.0 Å². The largest absolute Gasteiger partial charge is 0.496 e. The molecule has 0 bridgehead atoms. The summed E-state index contributed by atoms with van der Waals surface area (Å²) in [5.74, 6) is 0.433. The highest BCUT2D eigenvalue weighted by molar-refractivity contribution is 6.02. The van der Waals surface area contributed by atoms with Gasteiger partial charge in [0.25, 0.3) is 0 Å². The SMILES string of the molecule is COc1ccccc1CNC(=O)CCC(=O)N1CCC(c2ccccc2)=N1. The molecule has 140 valence electrons. The van der Waals surface area contributed by atoms with E-state index in [0.29, 0.717) is 13.1 Å². The Kier molecular flexibility index (Phi) is 6.20. The predicted molar refractivity (Wildman–Crippen MR) is 103 cm³/mol. The van der Waals surface area contributed by atoms with E-state index in [-0.39, 0.29) is 24.7 Å². The fourth-order valence-electron chi connectivity index (χ4n) is 2.95. The lowest BCUT2D eigenvalue weighted by Gasteiger charge is -2.12. The Balaban J connectivity index is 1.46. The normalized spacial score (nSPS) is 13.2. The van der Waals surface area contributed by atoms with Crippen LogP contribution in [0.1, 0.15) is 30.4 Å². The van der Waals surface area contributed by atoms with Gasteiger partial charge in [-0.3, -0.25) is 9.59 Å². The van der Waals surface area contributed by atoms with Gasteiger partial charge in [-0.25, -0.2) is 5.01 Å². The zero-order valence-electron chi connectivity index (χ0n) is 15.4. The van der Waals surface area contributed by atoms with Gasteiger partial charge in [-0.2, -0.15) is 5.10 Å². The van der Waals surface area contributed by atoms with E-state index >= 15 is 0 Å². The van der Waals surface area contributed by atoms with Crippen LogP contribution < -0.4 is 10.1 Å². The number of rotatable bonds is 7. The number of carbonyl (C=O) groups is 2. The highest BCUT2D eigenvalue weighted by atomic mass is 16.5. The van der Waals surface area contributed by atoms with Crippen molar-refractivity contribution in [1.29, 1.82) is 0 Å². The summed E-state index contributed by atoms with van der Waals surface area (Å²) in [4.78, 5) is 24.4. The number of para-hydroxylation sites is 1. The molecule has 6 heteroatoms. The van der Waals surface area contributed by atoms with Crippen molar-refractivity contribution >= 4 is 17.5 Å². The molecule has 0 saturated carbocycles. The summed E-state index contributed by atoms with van der Waals surface area (Å²) in [6, 6.07) is 17.3. The van der Waals surface area contributed by atoms with Gasteiger partial charge in [-0.05, 0) is 11.6 Å². The average Bonchev–Trinajstić information content (AvgIpc) is 3.21. The Morgan fingerprint density at radius 3 is 2.59 bits per heavy atom. The van der Waals surface area contributed by atoms with Crippen molar-refractivity contribution in [3.05, 3.63) is 65.7 Å². The smallest absolute Gasteiger partial charge is 0.243 e. The molecule has 0 atom stereocenters.